The van der Waals surface area contributed by atoms with Crippen LogP contribution in [0.15, 0.2) is 22.7 Å². The Morgan fingerprint density at radius 1 is 1.44 bits per heavy atom. The summed E-state index contributed by atoms with van der Waals surface area (Å²) < 4.78 is 38.8. The van der Waals surface area contributed by atoms with Gasteiger partial charge >= 0.3 is 0 Å². The molecule has 0 saturated carbocycles. The highest BCUT2D eigenvalue weighted by Gasteiger charge is 2.14. The molecule has 16 heavy (non-hydrogen) atoms. The van der Waals surface area contributed by atoms with Crippen LogP contribution in [0, 0.1) is 5.82 Å². The summed E-state index contributed by atoms with van der Waals surface area (Å²) in [6.45, 7) is 3.28. The molecule has 0 radical (unpaired) electrons. The van der Waals surface area contributed by atoms with E-state index in [0.29, 0.717) is 10.0 Å². The summed E-state index contributed by atoms with van der Waals surface area (Å²) in [4.78, 5) is 0. The summed E-state index contributed by atoms with van der Waals surface area (Å²) in [5, 5.41) is -0.493. The number of halogens is 2. The first-order chi connectivity index (χ1) is 7.33. The van der Waals surface area contributed by atoms with Crippen LogP contribution in [0.4, 0.5) is 4.39 Å². The van der Waals surface area contributed by atoms with Gasteiger partial charge in [-0.05, 0) is 47.5 Å². The van der Waals surface area contributed by atoms with Crippen LogP contribution >= 0.6 is 15.9 Å². The Morgan fingerprint density at radius 3 is 2.56 bits per heavy atom. The van der Waals surface area contributed by atoms with Gasteiger partial charge in [-0.1, -0.05) is 6.07 Å². The SMILES string of the molecule is CC(C)S(=O)(=O)NCc1ccc(Br)c(F)c1. The fraction of sp³-hybridized carbons (Fsp3) is 0.400. The average Bonchev–Trinajstić information content (AvgIpc) is 2.20. The minimum absolute atomic E-state index is 0.102. The number of benzene rings is 1. The van der Waals surface area contributed by atoms with Crippen molar-refractivity contribution in [1.29, 1.82) is 0 Å². The maximum Gasteiger partial charge on any atom is 0.214 e. The smallest absolute Gasteiger partial charge is 0.212 e. The van der Waals surface area contributed by atoms with Gasteiger partial charge < -0.3 is 0 Å². The molecule has 0 atom stereocenters. The number of sulfonamides is 1. The minimum atomic E-state index is -3.30. The molecule has 0 fully saturated rings. The van der Waals surface area contributed by atoms with Crippen LogP contribution in [0.3, 0.4) is 0 Å². The quantitative estimate of drug-likeness (QED) is 0.928. The first-order valence-corrected chi connectivity index (χ1v) is 7.09. The lowest BCUT2D eigenvalue weighted by Crippen LogP contribution is -2.30. The Balaban J connectivity index is 2.73. The fourth-order valence-corrected chi connectivity index (χ4v) is 1.95. The largest absolute Gasteiger partial charge is 0.214 e. The third-order valence-corrected chi connectivity index (χ3v) is 4.51. The topological polar surface area (TPSA) is 46.2 Å². The third-order valence-electron chi connectivity index (χ3n) is 2.08. The lowest BCUT2D eigenvalue weighted by molar-refractivity contribution is 0.571. The molecule has 0 unspecified atom stereocenters. The number of hydrogen-bond acceptors (Lipinski definition) is 2. The van der Waals surface area contributed by atoms with Gasteiger partial charge in [-0.2, -0.15) is 0 Å². The van der Waals surface area contributed by atoms with E-state index < -0.39 is 21.1 Å². The molecule has 0 spiro atoms. The second kappa shape index (κ2) is 5.25. The maximum absolute atomic E-state index is 13.1. The monoisotopic (exact) mass is 309 g/mol. The van der Waals surface area contributed by atoms with Crippen LogP contribution in [0.2, 0.25) is 0 Å². The lowest BCUT2D eigenvalue weighted by Gasteiger charge is -2.09. The van der Waals surface area contributed by atoms with E-state index in [0.717, 1.165) is 0 Å². The van der Waals surface area contributed by atoms with Crippen molar-refractivity contribution >= 4 is 26.0 Å². The van der Waals surface area contributed by atoms with Crippen LogP contribution < -0.4 is 4.72 Å². The van der Waals surface area contributed by atoms with Crippen molar-refractivity contribution in [2.75, 3.05) is 0 Å². The molecule has 0 heterocycles. The minimum Gasteiger partial charge on any atom is -0.212 e. The van der Waals surface area contributed by atoms with Crippen molar-refractivity contribution < 1.29 is 12.8 Å². The normalized spacial score (nSPS) is 12.1. The zero-order valence-corrected chi connectivity index (χ0v) is 11.4. The molecule has 0 aliphatic carbocycles. The first-order valence-electron chi connectivity index (χ1n) is 4.75. The van der Waals surface area contributed by atoms with E-state index in [-0.39, 0.29) is 6.54 Å². The van der Waals surface area contributed by atoms with Crippen molar-refractivity contribution in [2.24, 2.45) is 0 Å². The maximum atomic E-state index is 13.1. The Labute approximate surface area is 103 Å². The molecule has 1 aromatic rings. The zero-order chi connectivity index (χ0) is 12.3. The van der Waals surface area contributed by atoms with E-state index in [2.05, 4.69) is 20.7 Å². The molecule has 0 aromatic heterocycles. The highest BCUT2D eigenvalue weighted by Crippen LogP contribution is 2.16. The van der Waals surface area contributed by atoms with Crippen LogP contribution in [-0.4, -0.2) is 13.7 Å². The average molecular weight is 310 g/mol. The van der Waals surface area contributed by atoms with Crippen molar-refractivity contribution in [3.63, 3.8) is 0 Å². The molecule has 3 nitrogen and oxygen atoms in total. The highest BCUT2D eigenvalue weighted by molar-refractivity contribution is 9.10. The predicted molar refractivity (Wildman–Crippen MR) is 65.0 cm³/mol. The summed E-state index contributed by atoms with van der Waals surface area (Å²) in [6.07, 6.45) is 0. The zero-order valence-electron chi connectivity index (χ0n) is 9.00. The molecule has 90 valence electrons. The summed E-state index contributed by atoms with van der Waals surface area (Å²) in [6, 6.07) is 4.51. The van der Waals surface area contributed by atoms with Crippen LogP contribution in [-0.2, 0) is 16.6 Å². The van der Waals surface area contributed by atoms with E-state index in [4.69, 9.17) is 0 Å². The van der Waals surface area contributed by atoms with E-state index in [9.17, 15) is 12.8 Å². The van der Waals surface area contributed by atoms with Crippen LogP contribution in [0.5, 0.6) is 0 Å². The van der Waals surface area contributed by atoms with Gasteiger partial charge in [0.15, 0.2) is 0 Å². The van der Waals surface area contributed by atoms with Gasteiger partial charge in [-0.15, -0.1) is 0 Å². The Kier molecular flexibility index (Phi) is 4.46. The van der Waals surface area contributed by atoms with Gasteiger partial charge in [-0.3, -0.25) is 0 Å². The second-order valence-corrected chi connectivity index (χ2v) is 6.84. The van der Waals surface area contributed by atoms with Gasteiger partial charge in [-0.25, -0.2) is 17.5 Å². The third kappa shape index (κ3) is 3.54. The molecular weight excluding hydrogens is 297 g/mol. The molecule has 0 aliphatic rings. The molecule has 1 rings (SSSR count). The summed E-state index contributed by atoms with van der Waals surface area (Å²) >= 11 is 3.03. The van der Waals surface area contributed by atoms with E-state index in [1.165, 1.54) is 6.07 Å². The fourth-order valence-electron chi connectivity index (χ4n) is 1.00. The second-order valence-electron chi connectivity index (χ2n) is 3.66. The predicted octanol–water partition coefficient (Wildman–Crippen LogP) is 2.42. The van der Waals surface area contributed by atoms with Gasteiger partial charge in [0.05, 0.1) is 9.72 Å². The molecule has 0 amide bonds. The van der Waals surface area contributed by atoms with Crippen molar-refractivity contribution in [1.82, 2.24) is 4.72 Å². The lowest BCUT2D eigenvalue weighted by atomic mass is 10.2. The molecule has 0 bridgehead atoms. The van der Waals surface area contributed by atoms with E-state index >= 15 is 0 Å². The first kappa shape index (κ1) is 13.6. The van der Waals surface area contributed by atoms with Crippen LogP contribution in [0.1, 0.15) is 19.4 Å². The Morgan fingerprint density at radius 2 is 2.06 bits per heavy atom. The van der Waals surface area contributed by atoms with Gasteiger partial charge in [0.2, 0.25) is 10.0 Å². The standard InChI is InChI=1S/C10H13BrFNO2S/c1-7(2)16(14,15)13-6-8-3-4-9(11)10(12)5-8/h3-5,7,13H,6H2,1-2H3. The van der Waals surface area contributed by atoms with Gasteiger partial charge in [0.25, 0.3) is 0 Å². The van der Waals surface area contributed by atoms with Crippen LogP contribution in [0.25, 0.3) is 0 Å². The van der Waals surface area contributed by atoms with Gasteiger partial charge in [0.1, 0.15) is 5.82 Å². The summed E-state index contributed by atoms with van der Waals surface area (Å²) in [5.41, 5.74) is 0.588. The Hall–Kier alpha value is -0.460. The summed E-state index contributed by atoms with van der Waals surface area (Å²) in [5.74, 6) is -0.402. The van der Waals surface area contributed by atoms with Gasteiger partial charge in [0, 0.05) is 6.54 Å². The molecule has 1 aromatic carbocycles. The Bertz CT molecular complexity index is 474. The summed E-state index contributed by atoms with van der Waals surface area (Å²) in [7, 11) is -3.30. The number of hydrogen-bond donors (Lipinski definition) is 1. The molecular formula is C10H13BrFNO2S. The van der Waals surface area contributed by atoms with E-state index in [1.54, 1.807) is 26.0 Å². The van der Waals surface area contributed by atoms with Crippen molar-refractivity contribution in [2.45, 2.75) is 25.6 Å². The van der Waals surface area contributed by atoms with Crippen molar-refractivity contribution in [3.8, 4) is 0 Å². The molecule has 6 heteroatoms. The number of rotatable bonds is 4. The molecule has 0 saturated heterocycles. The van der Waals surface area contributed by atoms with E-state index in [1.807, 2.05) is 0 Å². The molecule has 1 N–H and O–H groups in total. The highest BCUT2D eigenvalue weighted by atomic mass is 79.9. The van der Waals surface area contributed by atoms with Crippen molar-refractivity contribution in [3.05, 3.63) is 34.1 Å². The number of nitrogens with one attached hydrogen (secondary N) is 1. The molecule has 0 aliphatic heterocycles.